The number of halogens is 1. The molecule has 10 heteroatoms. The molecule has 0 amide bonds. The van der Waals surface area contributed by atoms with Gasteiger partial charge in [-0.1, -0.05) is 41.9 Å². The summed E-state index contributed by atoms with van der Waals surface area (Å²) in [5, 5.41) is 0. The largest absolute Gasteiger partial charge is 0.468 e. The summed E-state index contributed by atoms with van der Waals surface area (Å²) in [7, 11) is -1.28. The van der Waals surface area contributed by atoms with E-state index in [0.29, 0.717) is 18.4 Å². The lowest BCUT2D eigenvalue weighted by atomic mass is 9.72. The molecule has 1 aromatic rings. The molecule has 1 atom stereocenters. The second-order valence-electron chi connectivity index (χ2n) is 7.00. The molecule has 0 radical (unpaired) electrons. The van der Waals surface area contributed by atoms with Crippen molar-refractivity contribution in [3.8, 4) is 0 Å². The summed E-state index contributed by atoms with van der Waals surface area (Å²) in [6.07, 6.45) is 2.30. The number of ether oxygens (including phenoxy) is 2. The van der Waals surface area contributed by atoms with Gasteiger partial charge in [-0.15, -0.1) is 0 Å². The summed E-state index contributed by atoms with van der Waals surface area (Å²) < 4.78 is 35.4. The van der Waals surface area contributed by atoms with E-state index in [0.717, 1.165) is 4.47 Å². The number of hydrogen-bond acceptors (Lipinski definition) is 8. The van der Waals surface area contributed by atoms with Gasteiger partial charge in [0, 0.05) is 16.1 Å². The Labute approximate surface area is 198 Å². The van der Waals surface area contributed by atoms with Gasteiger partial charge in [0.25, 0.3) is 0 Å². The van der Waals surface area contributed by atoms with Crippen molar-refractivity contribution in [2.24, 2.45) is 16.3 Å². The molecule has 0 heterocycles. The molecule has 0 aliphatic carbocycles. The van der Waals surface area contributed by atoms with E-state index in [1.807, 2.05) is 13.8 Å². The summed E-state index contributed by atoms with van der Waals surface area (Å²) in [5.74, 6) is -3.64. The zero-order valence-electron chi connectivity index (χ0n) is 19.5. The Morgan fingerprint density at radius 2 is 1.47 bits per heavy atom. The Bertz CT molecular complexity index is 798. The van der Waals surface area contributed by atoms with Crippen LogP contribution in [0.15, 0.2) is 33.7 Å². The lowest BCUT2D eigenvalue weighted by Gasteiger charge is -2.33. The number of carbonyl (C=O) groups excluding carboxylic acids is 2. The Balaban J connectivity index is 3.66. The molecule has 1 aromatic carbocycles. The van der Waals surface area contributed by atoms with E-state index >= 15 is 0 Å². The predicted octanol–water partition coefficient (Wildman–Crippen LogP) is 5.55. The molecule has 0 saturated heterocycles. The van der Waals surface area contributed by atoms with E-state index in [-0.39, 0.29) is 13.2 Å². The first-order valence-electron chi connectivity index (χ1n) is 10.5. The predicted molar refractivity (Wildman–Crippen MR) is 127 cm³/mol. The fourth-order valence-corrected chi connectivity index (χ4v) is 5.57. The molecule has 0 aliphatic rings. The van der Waals surface area contributed by atoms with Crippen LogP contribution in [-0.4, -0.2) is 45.6 Å². The van der Waals surface area contributed by atoms with Gasteiger partial charge in [-0.3, -0.25) is 19.1 Å². The van der Waals surface area contributed by atoms with Crippen LogP contribution in [0.5, 0.6) is 0 Å². The van der Waals surface area contributed by atoms with Crippen LogP contribution in [0.4, 0.5) is 0 Å². The highest BCUT2D eigenvalue weighted by atomic mass is 79.9. The highest BCUT2D eigenvalue weighted by molar-refractivity contribution is 9.10. The van der Waals surface area contributed by atoms with Crippen LogP contribution in [0.25, 0.3) is 0 Å². The van der Waals surface area contributed by atoms with Crippen LogP contribution in [0.1, 0.15) is 51.9 Å². The average molecular weight is 534 g/mol. The third-order valence-corrected chi connectivity index (χ3v) is 8.12. The van der Waals surface area contributed by atoms with Crippen molar-refractivity contribution in [1.82, 2.24) is 0 Å². The van der Waals surface area contributed by atoms with E-state index in [1.165, 1.54) is 20.4 Å². The van der Waals surface area contributed by atoms with Crippen LogP contribution in [0.2, 0.25) is 0 Å². The number of benzene rings is 1. The minimum atomic E-state index is -3.71. The van der Waals surface area contributed by atoms with Crippen molar-refractivity contribution >= 4 is 41.7 Å². The first kappa shape index (κ1) is 28.5. The quantitative estimate of drug-likeness (QED) is 0.142. The first-order valence-corrected chi connectivity index (χ1v) is 12.9. The molecule has 0 spiro atoms. The zero-order chi connectivity index (χ0) is 24.4. The number of carbonyl (C=O) groups is 2. The highest BCUT2D eigenvalue weighted by Gasteiger charge is 2.47. The minimum Gasteiger partial charge on any atom is -0.468 e. The van der Waals surface area contributed by atoms with E-state index in [4.69, 9.17) is 18.5 Å². The molecular weight excluding hydrogens is 501 g/mol. The third-order valence-electron chi connectivity index (χ3n) is 5.32. The van der Waals surface area contributed by atoms with Gasteiger partial charge in [-0.05, 0) is 44.4 Å². The van der Waals surface area contributed by atoms with Gasteiger partial charge in [0.15, 0.2) is 11.7 Å². The van der Waals surface area contributed by atoms with Gasteiger partial charge in [-0.2, -0.15) is 0 Å². The van der Waals surface area contributed by atoms with Crippen molar-refractivity contribution in [2.45, 2.75) is 46.3 Å². The lowest BCUT2D eigenvalue weighted by molar-refractivity contribution is -0.163. The van der Waals surface area contributed by atoms with Crippen LogP contribution in [0.3, 0.4) is 0 Å². The van der Waals surface area contributed by atoms with Crippen LogP contribution in [-0.2, 0) is 32.7 Å². The van der Waals surface area contributed by atoms with Crippen molar-refractivity contribution in [1.29, 1.82) is 0 Å². The Morgan fingerprint density at radius 3 is 1.84 bits per heavy atom. The van der Waals surface area contributed by atoms with E-state index in [2.05, 4.69) is 20.9 Å². The van der Waals surface area contributed by atoms with Gasteiger partial charge in [0.2, 0.25) is 0 Å². The van der Waals surface area contributed by atoms with Crippen LogP contribution >= 0.6 is 23.5 Å². The fraction of sp³-hybridized carbons (Fsp3) is 0.591. The van der Waals surface area contributed by atoms with Crippen LogP contribution < -0.4 is 0 Å². The second kappa shape index (κ2) is 13.2. The van der Waals surface area contributed by atoms with Crippen LogP contribution in [0, 0.1) is 11.3 Å². The smallest absolute Gasteiger partial charge is 0.359 e. The Morgan fingerprint density at radius 1 is 1.00 bits per heavy atom. The molecule has 1 unspecified atom stereocenters. The molecule has 0 aliphatic heterocycles. The maximum Gasteiger partial charge on any atom is 0.359 e. The SMILES string of the molecule is CCOP(=O)(OCC)C(/N=C/C(CC)(CC)C(C(=O)OC)C(=O)OC)c1ccc(Br)cc1. The molecule has 0 aromatic heterocycles. The molecule has 1 rings (SSSR count). The standard InChI is InChI=1S/C22H33BrNO7P/c1-7-22(8-2,18(20(25)28-5)21(26)29-6)15-24-19(16-11-13-17(23)14-12-16)32(27,30-9-3)31-10-4/h11-15,18-19H,7-10H2,1-6H3/b24-15+. The molecule has 32 heavy (non-hydrogen) atoms. The second-order valence-corrected chi connectivity index (χ2v) is 10.00. The van der Waals surface area contributed by atoms with Crippen molar-refractivity contribution < 1.29 is 32.7 Å². The van der Waals surface area contributed by atoms with E-state index in [9.17, 15) is 14.2 Å². The normalized spacial score (nSPS) is 13.4. The topological polar surface area (TPSA) is 100 Å². The number of methoxy groups -OCH3 is 2. The number of esters is 2. The van der Waals surface area contributed by atoms with Gasteiger partial charge in [-0.25, -0.2) is 0 Å². The minimum absolute atomic E-state index is 0.166. The summed E-state index contributed by atoms with van der Waals surface area (Å²) in [6, 6.07) is 7.15. The molecule has 0 bridgehead atoms. The average Bonchev–Trinajstić information content (AvgIpc) is 2.79. The van der Waals surface area contributed by atoms with Crippen molar-refractivity contribution in [2.75, 3.05) is 27.4 Å². The summed E-state index contributed by atoms with van der Waals surface area (Å²) >= 11 is 3.39. The molecule has 180 valence electrons. The summed E-state index contributed by atoms with van der Waals surface area (Å²) in [5.41, 5.74) is -0.402. The monoisotopic (exact) mass is 533 g/mol. The first-order chi connectivity index (χ1) is 15.2. The Kier molecular flexibility index (Phi) is 11.8. The van der Waals surface area contributed by atoms with E-state index in [1.54, 1.807) is 38.1 Å². The molecule has 0 fully saturated rings. The molecular formula is C22H33BrNO7P. The lowest BCUT2D eigenvalue weighted by Crippen LogP contribution is -2.43. The number of aliphatic imine (C=N–C) groups is 1. The summed E-state index contributed by atoms with van der Waals surface area (Å²) in [4.78, 5) is 29.7. The van der Waals surface area contributed by atoms with Crippen molar-refractivity contribution in [3.63, 3.8) is 0 Å². The third kappa shape index (κ3) is 6.73. The van der Waals surface area contributed by atoms with Gasteiger partial charge < -0.3 is 18.5 Å². The Hall–Kier alpha value is -1.54. The number of hydrogen-bond donors (Lipinski definition) is 0. The molecule has 0 saturated carbocycles. The molecule has 8 nitrogen and oxygen atoms in total. The summed E-state index contributed by atoms with van der Waals surface area (Å²) in [6.45, 7) is 7.46. The molecule has 0 N–H and O–H groups in total. The van der Waals surface area contributed by atoms with E-state index < -0.39 is 36.7 Å². The highest BCUT2D eigenvalue weighted by Crippen LogP contribution is 2.62. The number of rotatable bonds is 13. The van der Waals surface area contributed by atoms with Gasteiger partial charge in [0.05, 0.1) is 27.4 Å². The fourth-order valence-electron chi connectivity index (χ4n) is 3.46. The van der Waals surface area contributed by atoms with Crippen molar-refractivity contribution in [3.05, 3.63) is 34.3 Å². The number of nitrogens with zero attached hydrogens (tertiary/aromatic N) is 1. The van der Waals surface area contributed by atoms with Gasteiger partial charge >= 0.3 is 19.5 Å². The van der Waals surface area contributed by atoms with Gasteiger partial charge in [0.1, 0.15) is 0 Å². The maximum absolute atomic E-state index is 13.7. The zero-order valence-corrected chi connectivity index (χ0v) is 22.0. The maximum atomic E-state index is 13.7.